The molecule has 2 amide bonds. The van der Waals surface area contributed by atoms with Crippen molar-refractivity contribution in [1.82, 2.24) is 15.1 Å². The van der Waals surface area contributed by atoms with Crippen molar-refractivity contribution in [3.63, 3.8) is 0 Å². The monoisotopic (exact) mass is 560 g/mol. The summed E-state index contributed by atoms with van der Waals surface area (Å²) in [6.07, 6.45) is 2.15. The van der Waals surface area contributed by atoms with Crippen LogP contribution in [-0.4, -0.2) is 80.3 Å². The third-order valence-electron chi connectivity index (χ3n) is 8.29. The van der Waals surface area contributed by atoms with Gasteiger partial charge in [-0.3, -0.25) is 9.59 Å². The lowest BCUT2D eigenvalue weighted by Gasteiger charge is -2.43. The molecule has 0 bridgehead atoms. The number of carbonyl (C=O) groups is 2. The molecule has 2 aromatic carbocycles. The normalized spacial score (nSPS) is 23.2. The summed E-state index contributed by atoms with van der Waals surface area (Å²) in [7, 11) is 1.65. The molecule has 8 nitrogen and oxygen atoms in total. The van der Waals surface area contributed by atoms with Gasteiger partial charge in [0.05, 0.1) is 37.0 Å². The number of ether oxygens (including phenoxy) is 2. The number of hydrogen-bond acceptors (Lipinski definition) is 6. The summed E-state index contributed by atoms with van der Waals surface area (Å²) in [5, 5.41) is 4.03. The van der Waals surface area contributed by atoms with Gasteiger partial charge in [-0.2, -0.15) is 0 Å². The number of halogens is 2. The van der Waals surface area contributed by atoms with Gasteiger partial charge in [-0.1, -0.05) is 35.3 Å². The molecule has 1 N–H and O–H groups in total. The Bertz CT molecular complexity index is 1200. The molecule has 204 valence electrons. The number of nitrogens with zero attached hydrogens (tertiary/aromatic N) is 3. The van der Waals surface area contributed by atoms with Crippen molar-refractivity contribution in [2.75, 3.05) is 58.0 Å². The molecule has 0 radical (unpaired) electrons. The summed E-state index contributed by atoms with van der Waals surface area (Å²) in [5.41, 5.74) is 0.744. The smallest absolute Gasteiger partial charge is 0.247 e. The van der Waals surface area contributed by atoms with Crippen LogP contribution >= 0.6 is 23.2 Å². The van der Waals surface area contributed by atoms with Crippen LogP contribution in [-0.2, 0) is 19.9 Å². The van der Waals surface area contributed by atoms with Crippen LogP contribution in [0.2, 0.25) is 10.0 Å². The van der Waals surface area contributed by atoms with Crippen LogP contribution in [0.3, 0.4) is 0 Å². The number of rotatable bonds is 7. The molecule has 0 aliphatic carbocycles. The molecule has 2 aromatic rings. The maximum atomic E-state index is 13.0. The van der Waals surface area contributed by atoms with Gasteiger partial charge in [0.1, 0.15) is 16.9 Å². The topological polar surface area (TPSA) is 74.4 Å². The zero-order chi connectivity index (χ0) is 26.9. The molecule has 38 heavy (non-hydrogen) atoms. The summed E-state index contributed by atoms with van der Waals surface area (Å²) >= 11 is 12.5. The molecule has 3 saturated heterocycles. The van der Waals surface area contributed by atoms with Gasteiger partial charge in [0.2, 0.25) is 11.8 Å². The van der Waals surface area contributed by atoms with E-state index in [9.17, 15) is 9.59 Å². The lowest BCUT2D eigenvalue weighted by Crippen LogP contribution is -2.56. The Morgan fingerprint density at radius 3 is 2.53 bits per heavy atom. The van der Waals surface area contributed by atoms with E-state index in [4.69, 9.17) is 32.7 Å². The molecule has 5 rings (SSSR count). The van der Waals surface area contributed by atoms with Crippen LogP contribution in [0.1, 0.15) is 31.7 Å². The summed E-state index contributed by atoms with van der Waals surface area (Å²) < 4.78 is 12.0. The standard InChI is InChI=1S/C28H34Cl2N4O4/c1-20(35)33-13-10-28(18-33,21-6-7-24(29)25(30)16-21)38-15-14-32-11-8-27(9-12-32)26(36)31-19-34(27)22-4-3-5-23(17-22)37-2/h3-7,16-17H,8-15,18-19H2,1-2H3,(H,31,36). The maximum absolute atomic E-state index is 13.0. The summed E-state index contributed by atoms with van der Waals surface area (Å²) in [4.78, 5) is 31.5. The minimum atomic E-state index is -0.620. The zero-order valence-electron chi connectivity index (χ0n) is 21.8. The average molecular weight is 562 g/mol. The third-order valence-corrected chi connectivity index (χ3v) is 9.03. The Kier molecular flexibility index (Phi) is 7.78. The molecule has 1 spiro atoms. The Labute approximate surface area is 233 Å². The summed E-state index contributed by atoms with van der Waals surface area (Å²) in [6.45, 7) is 6.02. The van der Waals surface area contributed by atoms with E-state index in [1.165, 1.54) is 0 Å². The summed E-state index contributed by atoms with van der Waals surface area (Å²) in [6, 6.07) is 13.5. The van der Waals surface area contributed by atoms with Gasteiger partial charge < -0.3 is 29.5 Å². The van der Waals surface area contributed by atoms with Gasteiger partial charge in [0.25, 0.3) is 0 Å². The number of carbonyl (C=O) groups excluding carboxylic acids is 2. The van der Waals surface area contributed by atoms with E-state index >= 15 is 0 Å². The number of methoxy groups -OCH3 is 1. The highest BCUT2D eigenvalue weighted by Gasteiger charge is 2.50. The van der Waals surface area contributed by atoms with Gasteiger partial charge in [-0.05, 0) is 49.1 Å². The van der Waals surface area contributed by atoms with Gasteiger partial charge >= 0.3 is 0 Å². The second-order valence-corrected chi connectivity index (χ2v) is 11.1. The number of amides is 2. The highest BCUT2D eigenvalue weighted by Crippen LogP contribution is 2.40. The highest BCUT2D eigenvalue weighted by molar-refractivity contribution is 6.42. The number of nitrogens with one attached hydrogen (secondary N) is 1. The molecule has 0 saturated carbocycles. The van der Waals surface area contributed by atoms with Crippen molar-refractivity contribution >= 4 is 40.7 Å². The van der Waals surface area contributed by atoms with E-state index in [0.29, 0.717) is 42.8 Å². The summed E-state index contributed by atoms with van der Waals surface area (Å²) in [5.74, 6) is 0.898. The first-order valence-electron chi connectivity index (χ1n) is 13.0. The van der Waals surface area contributed by atoms with Crippen molar-refractivity contribution in [2.24, 2.45) is 0 Å². The predicted molar refractivity (Wildman–Crippen MR) is 148 cm³/mol. The van der Waals surface area contributed by atoms with Crippen LogP contribution in [0.5, 0.6) is 5.75 Å². The van der Waals surface area contributed by atoms with E-state index in [-0.39, 0.29) is 11.8 Å². The fourth-order valence-electron chi connectivity index (χ4n) is 5.99. The quantitative estimate of drug-likeness (QED) is 0.553. The maximum Gasteiger partial charge on any atom is 0.247 e. The Hall–Kier alpha value is -2.52. The molecule has 1 atom stereocenters. The molecule has 3 heterocycles. The van der Waals surface area contributed by atoms with E-state index in [0.717, 1.165) is 49.5 Å². The van der Waals surface area contributed by atoms with Gasteiger partial charge in [0, 0.05) is 44.9 Å². The zero-order valence-corrected chi connectivity index (χ0v) is 23.4. The van der Waals surface area contributed by atoms with Crippen molar-refractivity contribution in [3.8, 4) is 5.75 Å². The van der Waals surface area contributed by atoms with Crippen molar-refractivity contribution < 1.29 is 19.1 Å². The molecule has 0 aromatic heterocycles. The number of anilines is 1. The highest BCUT2D eigenvalue weighted by atomic mass is 35.5. The fourth-order valence-corrected chi connectivity index (χ4v) is 6.28. The largest absolute Gasteiger partial charge is 0.497 e. The number of likely N-dealkylation sites (tertiary alicyclic amines) is 2. The second kappa shape index (κ2) is 10.9. The van der Waals surface area contributed by atoms with Crippen LogP contribution in [0.15, 0.2) is 42.5 Å². The molecule has 1 unspecified atom stereocenters. The van der Waals surface area contributed by atoms with Crippen molar-refractivity contribution in [1.29, 1.82) is 0 Å². The first-order chi connectivity index (χ1) is 18.3. The first kappa shape index (κ1) is 27.1. The Balaban J connectivity index is 1.23. The first-order valence-corrected chi connectivity index (χ1v) is 13.8. The third kappa shape index (κ3) is 5.07. The molecule has 3 aliphatic rings. The minimum Gasteiger partial charge on any atom is -0.497 e. The van der Waals surface area contributed by atoms with Crippen molar-refractivity contribution in [2.45, 2.75) is 37.3 Å². The van der Waals surface area contributed by atoms with E-state index in [2.05, 4.69) is 15.1 Å². The Morgan fingerprint density at radius 1 is 1.05 bits per heavy atom. The lowest BCUT2D eigenvalue weighted by molar-refractivity contribution is -0.130. The number of piperidine rings is 1. The SMILES string of the molecule is COc1cccc(N2CNC(=O)C23CCN(CCOC2(c4ccc(Cl)c(Cl)c4)CCN(C(C)=O)C2)CC3)c1. The van der Waals surface area contributed by atoms with Gasteiger partial charge in [0.15, 0.2) is 0 Å². The fraction of sp³-hybridized carbons (Fsp3) is 0.500. The van der Waals surface area contributed by atoms with Crippen LogP contribution < -0.4 is 15.0 Å². The van der Waals surface area contributed by atoms with E-state index < -0.39 is 11.1 Å². The Morgan fingerprint density at radius 2 is 1.84 bits per heavy atom. The second-order valence-electron chi connectivity index (χ2n) is 10.3. The lowest BCUT2D eigenvalue weighted by atomic mass is 9.85. The van der Waals surface area contributed by atoms with Crippen molar-refractivity contribution in [3.05, 3.63) is 58.1 Å². The van der Waals surface area contributed by atoms with Gasteiger partial charge in [-0.25, -0.2) is 0 Å². The minimum absolute atomic E-state index is 0.0345. The van der Waals surface area contributed by atoms with Crippen LogP contribution in [0.4, 0.5) is 5.69 Å². The number of benzene rings is 2. The molecular weight excluding hydrogens is 527 g/mol. The van der Waals surface area contributed by atoms with Crippen LogP contribution in [0, 0.1) is 0 Å². The van der Waals surface area contributed by atoms with Gasteiger partial charge in [-0.15, -0.1) is 0 Å². The predicted octanol–water partition coefficient (Wildman–Crippen LogP) is 3.89. The van der Waals surface area contributed by atoms with E-state index in [1.807, 2.05) is 41.3 Å². The van der Waals surface area contributed by atoms with E-state index in [1.54, 1.807) is 20.1 Å². The molecule has 3 fully saturated rings. The molecule has 10 heteroatoms. The average Bonchev–Trinajstić information content (AvgIpc) is 3.50. The molecule has 3 aliphatic heterocycles. The molecular formula is C28H34Cl2N4O4. The van der Waals surface area contributed by atoms with Crippen LogP contribution in [0.25, 0.3) is 0 Å². The number of hydrogen-bond donors (Lipinski definition) is 1.